The van der Waals surface area contributed by atoms with E-state index in [0.29, 0.717) is 17.7 Å². The van der Waals surface area contributed by atoms with E-state index < -0.39 is 29.4 Å². The molecule has 0 saturated carbocycles. The fourth-order valence-corrected chi connectivity index (χ4v) is 2.20. The van der Waals surface area contributed by atoms with Gasteiger partial charge in [-0.15, -0.1) is 0 Å². The van der Waals surface area contributed by atoms with Crippen molar-refractivity contribution in [2.45, 2.75) is 25.2 Å². The summed E-state index contributed by atoms with van der Waals surface area (Å²) >= 11 is 0. The molecule has 2 aromatic rings. The number of rotatable bonds is 5. The van der Waals surface area contributed by atoms with E-state index in [-0.39, 0.29) is 24.5 Å². The van der Waals surface area contributed by atoms with Gasteiger partial charge in [-0.1, -0.05) is 30.3 Å². The van der Waals surface area contributed by atoms with E-state index in [1.54, 1.807) is 30.3 Å². The van der Waals surface area contributed by atoms with Crippen LogP contribution in [0.4, 0.5) is 26.3 Å². The van der Waals surface area contributed by atoms with Crippen molar-refractivity contribution in [2.75, 3.05) is 0 Å². The van der Waals surface area contributed by atoms with Gasteiger partial charge >= 0.3 is 12.4 Å². The molecule has 0 aromatic heterocycles. The Morgan fingerprint density at radius 3 is 2.00 bits per heavy atom. The lowest BCUT2D eigenvalue weighted by Crippen LogP contribution is -2.18. The second-order valence-corrected chi connectivity index (χ2v) is 5.62. The van der Waals surface area contributed by atoms with Crippen LogP contribution in [-0.4, -0.2) is 12.1 Å². The highest BCUT2D eigenvalue weighted by Gasteiger charge is 2.36. The first kappa shape index (κ1) is 20.5. The third kappa shape index (κ3) is 6.43. The lowest BCUT2D eigenvalue weighted by Gasteiger charge is -2.14. The number of aryl methyl sites for hydroxylation is 1. The number of hydrazone groups is 1. The van der Waals surface area contributed by atoms with Crippen LogP contribution in [0, 0.1) is 0 Å². The smallest absolute Gasteiger partial charge is 0.273 e. The topological polar surface area (TPSA) is 41.5 Å². The van der Waals surface area contributed by atoms with Crippen LogP contribution >= 0.6 is 0 Å². The summed E-state index contributed by atoms with van der Waals surface area (Å²) in [4.78, 5) is 11.7. The third-order valence-electron chi connectivity index (χ3n) is 3.49. The molecule has 2 aromatic carbocycles. The predicted octanol–water partition coefficient (Wildman–Crippen LogP) is 4.81. The maximum absolute atomic E-state index is 12.8. The Hall–Kier alpha value is -2.84. The zero-order valence-corrected chi connectivity index (χ0v) is 13.7. The van der Waals surface area contributed by atoms with Crippen molar-refractivity contribution in [3.63, 3.8) is 0 Å². The summed E-state index contributed by atoms with van der Waals surface area (Å²) in [5.74, 6) is -0.631. The van der Waals surface area contributed by atoms with Gasteiger partial charge in [0.1, 0.15) is 0 Å². The fourth-order valence-electron chi connectivity index (χ4n) is 2.20. The number of benzene rings is 2. The molecule has 0 bridgehead atoms. The molecule has 9 heteroatoms. The van der Waals surface area contributed by atoms with Gasteiger partial charge in [0.05, 0.1) is 17.3 Å². The van der Waals surface area contributed by atoms with Crippen LogP contribution in [-0.2, 0) is 23.6 Å². The molecule has 0 unspecified atom stereocenters. The molecule has 0 spiro atoms. The highest BCUT2D eigenvalue weighted by molar-refractivity contribution is 5.82. The number of nitrogens with one attached hydrogen (secondary N) is 1. The van der Waals surface area contributed by atoms with Gasteiger partial charge in [-0.2, -0.15) is 31.4 Å². The quantitative estimate of drug-likeness (QED) is 0.446. The molecule has 27 heavy (non-hydrogen) atoms. The summed E-state index contributed by atoms with van der Waals surface area (Å²) < 4.78 is 76.8. The van der Waals surface area contributed by atoms with Crippen molar-refractivity contribution in [2.24, 2.45) is 5.10 Å². The Balaban J connectivity index is 2.03. The van der Waals surface area contributed by atoms with Gasteiger partial charge in [0.15, 0.2) is 0 Å². The van der Waals surface area contributed by atoms with Crippen LogP contribution < -0.4 is 5.43 Å². The van der Waals surface area contributed by atoms with E-state index in [9.17, 15) is 31.1 Å². The molecule has 0 saturated heterocycles. The normalized spacial score (nSPS) is 12.4. The van der Waals surface area contributed by atoms with E-state index in [1.807, 2.05) is 0 Å². The van der Waals surface area contributed by atoms with Gasteiger partial charge in [0, 0.05) is 6.42 Å². The van der Waals surface area contributed by atoms with Gasteiger partial charge < -0.3 is 0 Å². The Morgan fingerprint density at radius 1 is 0.926 bits per heavy atom. The number of halogens is 6. The summed E-state index contributed by atoms with van der Waals surface area (Å²) in [7, 11) is 0. The Morgan fingerprint density at radius 2 is 1.48 bits per heavy atom. The standard InChI is InChI=1S/C18H14F6N2O/c19-17(20,21)14-8-13(9-15(10-14)18(22,23)24)6-7-16(27)26-25-11-12-4-2-1-3-5-12/h1-5,8-11H,6-7H2,(H,26,27)/b25-11+. The van der Waals surface area contributed by atoms with E-state index in [0.717, 1.165) is 0 Å². The first-order valence-corrected chi connectivity index (χ1v) is 7.71. The minimum atomic E-state index is -4.92. The SMILES string of the molecule is O=C(CCc1cc(C(F)(F)F)cc(C(F)(F)F)c1)N/N=C/c1ccccc1. The largest absolute Gasteiger partial charge is 0.416 e. The Bertz CT molecular complexity index is 781. The fraction of sp³-hybridized carbons (Fsp3) is 0.222. The van der Waals surface area contributed by atoms with Crippen LogP contribution in [0.3, 0.4) is 0 Å². The number of hydrogen-bond acceptors (Lipinski definition) is 2. The molecule has 1 N–H and O–H groups in total. The zero-order chi connectivity index (χ0) is 20.1. The van der Waals surface area contributed by atoms with Gasteiger partial charge in [0.25, 0.3) is 0 Å². The monoisotopic (exact) mass is 388 g/mol. The van der Waals surface area contributed by atoms with Crippen molar-refractivity contribution in [3.8, 4) is 0 Å². The number of carbonyl (C=O) groups is 1. The summed E-state index contributed by atoms with van der Waals surface area (Å²) in [6, 6.07) is 10.0. The van der Waals surface area contributed by atoms with Crippen LogP contribution in [0.25, 0.3) is 0 Å². The molecule has 0 radical (unpaired) electrons. The molecular formula is C18H14F6N2O. The third-order valence-corrected chi connectivity index (χ3v) is 3.49. The van der Waals surface area contributed by atoms with E-state index in [2.05, 4.69) is 10.5 Å². The number of carbonyl (C=O) groups excluding carboxylic acids is 1. The summed E-state index contributed by atoms with van der Waals surface area (Å²) in [5, 5.41) is 3.68. The minimum absolute atomic E-state index is 0.0493. The van der Waals surface area contributed by atoms with E-state index in [4.69, 9.17) is 0 Å². The molecule has 0 aliphatic heterocycles. The first-order chi connectivity index (χ1) is 12.6. The van der Waals surface area contributed by atoms with Crippen molar-refractivity contribution >= 4 is 12.1 Å². The summed E-state index contributed by atoms with van der Waals surface area (Å²) in [6.45, 7) is 0. The van der Waals surface area contributed by atoms with E-state index >= 15 is 0 Å². The molecule has 0 heterocycles. The predicted molar refractivity (Wildman–Crippen MR) is 86.9 cm³/mol. The second-order valence-electron chi connectivity index (χ2n) is 5.62. The van der Waals surface area contributed by atoms with Crippen LogP contribution in [0.1, 0.15) is 28.7 Å². The molecule has 3 nitrogen and oxygen atoms in total. The molecular weight excluding hydrogens is 374 g/mol. The van der Waals surface area contributed by atoms with Crippen LogP contribution in [0.15, 0.2) is 53.6 Å². The van der Waals surface area contributed by atoms with Crippen molar-refractivity contribution in [1.29, 1.82) is 0 Å². The molecule has 0 fully saturated rings. The maximum Gasteiger partial charge on any atom is 0.416 e. The molecule has 1 amide bonds. The highest BCUT2D eigenvalue weighted by atomic mass is 19.4. The van der Waals surface area contributed by atoms with E-state index in [1.165, 1.54) is 6.21 Å². The van der Waals surface area contributed by atoms with Crippen molar-refractivity contribution in [1.82, 2.24) is 5.43 Å². The molecule has 144 valence electrons. The second kappa shape index (κ2) is 8.24. The molecule has 2 rings (SSSR count). The van der Waals surface area contributed by atoms with Gasteiger partial charge in [-0.05, 0) is 35.7 Å². The zero-order valence-electron chi connectivity index (χ0n) is 13.7. The maximum atomic E-state index is 12.8. The number of hydrogen-bond donors (Lipinski definition) is 1. The lowest BCUT2D eigenvalue weighted by molar-refractivity contribution is -0.143. The van der Waals surface area contributed by atoms with Gasteiger partial charge in [-0.25, -0.2) is 5.43 Å². The average molecular weight is 388 g/mol. The minimum Gasteiger partial charge on any atom is -0.273 e. The summed E-state index contributed by atoms with van der Waals surface area (Å²) in [5.41, 5.74) is -0.161. The molecule has 0 aliphatic carbocycles. The van der Waals surface area contributed by atoms with Gasteiger partial charge in [-0.3, -0.25) is 4.79 Å². The first-order valence-electron chi connectivity index (χ1n) is 7.71. The number of amides is 1. The van der Waals surface area contributed by atoms with Crippen LogP contribution in [0.2, 0.25) is 0 Å². The Labute approximate surface area is 150 Å². The summed E-state index contributed by atoms with van der Waals surface area (Å²) in [6.07, 6.45) is -9.08. The Kier molecular flexibility index (Phi) is 6.24. The number of alkyl halides is 6. The molecule has 0 atom stereocenters. The molecule has 0 aliphatic rings. The number of nitrogens with zero attached hydrogens (tertiary/aromatic N) is 1. The van der Waals surface area contributed by atoms with Crippen molar-refractivity contribution < 1.29 is 31.1 Å². The van der Waals surface area contributed by atoms with Crippen molar-refractivity contribution in [3.05, 3.63) is 70.8 Å². The van der Waals surface area contributed by atoms with Gasteiger partial charge in [0.2, 0.25) is 5.91 Å². The highest BCUT2D eigenvalue weighted by Crippen LogP contribution is 2.36. The lowest BCUT2D eigenvalue weighted by atomic mass is 10.0. The average Bonchev–Trinajstić information content (AvgIpc) is 2.59. The van der Waals surface area contributed by atoms with Crippen LogP contribution in [0.5, 0.6) is 0 Å².